The van der Waals surface area contributed by atoms with E-state index in [0.29, 0.717) is 30.0 Å². The molecule has 1 aliphatic heterocycles. The van der Waals surface area contributed by atoms with E-state index in [2.05, 4.69) is 5.10 Å². The van der Waals surface area contributed by atoms with Gasteiger partial charge in [-0.2, -0.15) is 5.10 Å². The van der Waals surface area contributed by atoms with Gasteiger partial charge < -0.3 is 10.0 Å². The first-order valence-corrected chi connectivity index (χ1v) is 9.70. The molecule has 0 spiro atoms. The van der Waals surface area contributed by atoms with Crippen molar-refractivity contribution in [2.75, 3.05) is 13.1 Å². The number of carboxylic acids is 1. The maximum atomic E-state index is 13.2. The van der Waals surface area contributed by atoms with E-state index in [4.69, 9.17) is 11.6 Å². The number of nitrogens with zero attached hydrogens (tertiary/aromatic N) is 3. The van der Waals surface area contributed by atoms with Crippen LogP contribution < -0.4 is 0 Å². The third kappa shape index (κ3) is 2.74. The molecule has 1 aliphatic carbocycles. The van der Waals surface area contributed by atoms with Crippen LogP contribution in [0.1, 0.15) is 42.2 Å². The Labute approximate surface area is 162 Å². The Morgan fingerprint density at radius 3 is 2.81 bits per heavy atom. The number of para-hydroxylation sites is 1. The number of hydrogen-bond acceptors (Lipinski definition) is 3. The topological polar surface area (TPSA) is 75.4 Å². The SMILES string of the molecule is CCc1c(C(=O)N2C[C@@H]3CCC[C@@]3(C(=O)O)C2)cnn1-c1ccccc1Cl. The van der Waals surface area contributed by atoms with Crippen LogP contribution in [0.5, 0.6) is 0 Å². The van der Waals surface area contributed by atoms with Crippen LogP contribution in [0.15, 0.2) is 30.5 Å². The molecule has 1 aromatic heterocycles. The quantitative estimate of drug-likeness (QED) is 0.872. The lowest BCUT2D eigenvalue weighted by molar-refractivity contribution is -0.149. The van der Waals surface area contributed by atoms with Gasteiger partial charge in [-0.1, -0.05) is 37.1 Å². The van der Waals surface area contributed by atoms with E-state index in [1.807, 2.05) is 25.1 Å². The van der Waals surface area contributed by atoms with Crippen molar-refractivity contribution >= 4 is 23.5 Å². The molecule has 0 bridgehead atoms. The first-order chi connectivity index (χ1) is 13.0. The number of aliphatic carboxylic acids is 1. The fourth-order valence-electron chi connectivity index (χ4n) is 4.69. The number of hydrogen-bond donors (Lipinski definition) is 1. The van der Waals surface area contributed by atoms with Gasteiger partial charge in [0, 0.05) is 13.1 Å². The third-order valence-corrected chi connectivity index (χ3v) is 6.42. The molecule has 1 amide bonds. The highest BCUT2D eigenvalue weighted by molar-refractivity contribution is 6.32. The van der Waals surface area contributed by atoms with Crippen molar-refractivity contribution in [2.24, 2.45) is 11.3 Å². The van der Waals surface area contributed by atoms with Gasteiger partial charge in [-0.05, 0) is 37.3 Å². The number of rotatable bonds is 4. The molecule has 2 aromatic rings. The Kier molecular flexibility index (Phi) is 4.46. The number of benzene rings is 1. The number of carbonyl (C=O) groups is 2. The number of halogens is 1. The molecule has 7 heteroatoms. The van der Waals surface area contributed by atoms with Crippen molar-refractivity contribution in [3.63, 3.8) is 0 Å². The molecule has 0 unspecified atom stereocenters. The first-order valence-electron chi connectivity index (χ1n) is 9.32. The maximum Gasteiger partial charge on any atom is 0.311 e. The van der Waals surface area contributed by atoms with Gasteiger partial charge in [-0.15, -0.1) is 0 Å². The molecule has 2 atom stereocenters. The molecule has 1 saturated heterocycles. The normalized spacial score (nSPS) is 24.2. The predicted molar refractivity (Wildman–Crippen MR) is 101 cm³/mol. The van der Waals surface area contributed by atoms with Crippen molar-refractivity contribution in [3.8, 4) is 5.69 Å². The molecular weight excluding hydrogens is 366 g/mol. The Bertz CT molecular complexity index is 910. The molecule has 2 heterocycles. The van der Waals surface area contributed by atoms with E-state index < -0.39 is 11.4 Å². The summed E-state index contributed by atoms with van der Waals surface area (Å²) in [6.07, 6.45) is 4.63. The lowest BCUT2D eigenvalue weighted by Crippen LogP contribution is -2.37. The minimum Gasteiger partial charge on any atom is -0.481 e. The molecule has 6 nitrogen and oxygen atoms in total. The lowest BCUT2D eigenvalue weighted by atomic mass is 9.81. The summed E-state index contributed by atoms with van der Waals surface area (Å²) in [5.74, 6) is -0.870. The van der Waals surface area contributed by atoms with Gasteiger partial charge in [0.25, 0.3) is 5.91 Å². The Balaban J connectivity index is 1.66. The van der Waals surface area contributed by atoms with Gasteiger partial charge >= 0.3 is 5.97 Å². The van der Waals surface area contributed by atoms with Crippen molar-refractivity contribution in [2.45, 2.75) is 32.6 Å². The van der Waals surface area contributed by atoms with Crippen LogP contribution in [0.2, 0.25) is 5.02 Å². The van der Waals surface area contributed by atoms with Crippen molar-refractivity contribution < 1.29 is 14.7 Å². The summed E-state index contributed by atoms with van der Waals surface area (Å²) < 4.78 is 1.71. The van der Waals surface area contributed by atoms with E-state index in [1.54, 1.807) is 21.8 Å². The summed E-state index contributed by atoms with van der Waals surface area (Å²) in [5, 5.41) is 14.7. The zero-order valence-corrected chi connectivity index (χ0v) is 15.9. The van der Waals surface area contributed by atoms with Gasteiger partial charge in [0.1, 0.15) is 0 Å². The fourth-order valence-corrected chi connectivity index (χ4v) is 4.90. The molecule has 1 N–H and O–H groups in total. The van der Waals surface area contributed by atoms with Gasteiger partial charge in [0.2, 0.25) is 0 Å². The van der Waals surface area contributed by atoms with E-state index in [0.717, 1.165) is 24.2 Å². The fraction of sp³-hybridized carbons (Fsp3) is 0.450. The average Bonchev–Trinajstić information content (AvgIpc) is 3.33. The highest BCUT2D eigenvalue weighted by Gasteiger charge is 2.56. The number of aromatic nitrogens is 2. The molecular formula is C20H22ClN3O3. The molecule has 142 valence electrons. The lowest BCUT2D eigenvalue weighted by Gasteiger charge is -2.23. The zero-order chi connectivity index (χ0) is 19.2. The standard InChI is InChI=1S/C20H22ClN3O3/c1-2-16-14(10-22-24(16)17-8-4-3-7-15(17)21)18(25)23-11-13-6-5-9-20(13,12-23)19(26)27/h3-4,7-8,10,13H,2,5-6,9,11-12H2,1H3,(H,26,27)/t13-,20+/m0/s1. The predicted octanol–water partition coefficient (Wildman–Crippen LogP) is 3.42. The van der Waals surface area contributed by atoms with Crippen LogP contribution in [-0.4, -0.2) is 44.8 Å². The van der Waals surface area contributed by atoms with E-state index >= 15 is 0 Å². The number of amides is 1. The second-order valence-corrected chi connectivity index (χ2v) is 7.87. The Hall–Kier alpha value is -2.34. The van der Waals surface area contributed by atoms with E-state index in [9.17, 15) is 14.7 Å². The largest absolute Gasteiger partial charge is 0.481 e. The van der Waals surface area contributed by atoms with Crippen LogP contribution >= 0.6 is 11.6 Å². The summed E-state index contributed by atoms with van der Waals surface area (Å²) in [4.78, 5) is 26.8. The average molecular weight is 388 g/mol. The Morgan fingerprint density at radius 1 is 1.37 bits per heavy atom. The van der Waals surface area contributed by atoms with Gasteiger partial charge in [-0.3, -0.25) is 9.59 Å². The number of likely N-dealkylation sites (tertiary alicyclic amines) is 1. The Morgan fingerprint density at radius 2 is 2.15 bits per heavy atom. The number of fused-ring (bicyclic) bond motifs is 1. The van der Waals surface area contributed by atoms with Crippen molar-refractivity contribution in [3.05, 3.63) is 46.7 Å². The summed E-state index contributed by atoms with van der Waals surface area (Å²) in [6, 6.07) is 7.38. The third-order valence-electron chi connectivity index (χ3n) is 6.10. The zero-order valence-electron chi connectivity index (χ0n) is 15.2. The molecule has 2 fully saturated rings. The maximum absolute atomic E-state index is 13.2. The molecule has 1 saturated carbocycles. The van der Waals surface area contributed by atoms with Crippen LogP contribution in [-0.2, 0) is 11.2 Å². The molecule has 1 aromatic carbocycles. The number of carbonyl (C=O) groups excluding carboxylic acids is 1. The minimum absolute atomic E-state index is 0.0441. The smallest absolute Gasteiger partial charge is 0.311 e. The first kappa shape index (κ1) is 18.0. The van der Waals surface area contributed by atoms with Gasteiger partial charge in [0.15, 0.2) is 0 Å². The summed E-state index contributed by atoms with van der Waals surface area (Å²) in [6.45, 7) is 2.76. The van der Waals surface area contributed by atoms with Crippen LogP contribution in [0.3, 0.4) is 0 Å². The molecule has 2 aliphatic rings. The second kappa shape index (κ2) is 6.68. The van der Waals surface area contributed by atoms with Crippen LogP contribution in [0.4, 0.5) is 0 Å². The van der Waals surface area contributed by atoms with E-state index in [-0.39, 0.29) is 18.4 Å². The van der Waals surface area contributed by atoms with Crippen molar-refractivity contribution in [1.29, 1.82) is 0 Å². The molecule has 27 heavy (non-hydrogen) atoms. The number of carboxylic acid groups (broad SMARTS) is 1. The summed E-state index contributed by atoms with van der Waals surface area (Å²) >= 11 is 6.30. The monoisotopic (exact) mass is 387 g/mol. The second-order valence-electron chi connectivity index (χ2n) is 7.46. The van der Waals surface area contributed by atoms with E-state index in [1.165, 1.54) is 0 Å². The minimum atomic E-state index is -0.777. The van der Waals surface area contributed by atoms with Gasteiger partial charge in [-0.25, -0.2) is 4.68 Å². The van der Waals surface area contributed by atoms with Crippen molar-refractivity contribution in [1.82, 2.24) is 14.7 Å². The highest BCUT2D eigenvalue weighted by atomic mass is 35.5. The van der Waals surface area contributed by atoms with Crippen LogP contribution in [0.25, 0.3) is 5.69 Å². The highest BCUT2D eigenvalue weighted by Crippen LogP contribution is 2.49. The summed E-state index contributed by atoms with van der Waals surface area (Å²) in [5.41, 5.74) is 1.27. The molecule has 0 radical (unpaired) electrons. The summed E-state index contributed by atoms with van der Waals surface area (Å²) in [7, 11) is 0. The van der Waals surface area contributed by atoms with Gasteiger partial charge in [0.05, 0.1) is 33.6 Å². The van der Waals surface area contributed by atoms with Crippen LogP contribution in [0, 0.1) is 11.3 Å². The molecule has 4 rings (SSSR count).